The number of hydrogen-bond donors (Lipinski definition) is 0. The number of hydrogen-bond acceptors (Lipinski definition) is 3. The number of pyridine rings is 1. The Bertz CT molecular complexity index is 1070. The Morgan fingerprint density at radius 2 is 1.78 bits per heavy atom. The fourth-order valence-electron chi connectivity index (χ4n) is 5.18. The molecule has 0 bridgehead atoms. The molecule has 1 aromatic heterocycles. The summed E-state index contributed by atoms with van der Waals surface area (Å²) in [5.74, 6) is 1.10. The number of rotatable bonds is 7. The van der Waals surface area contributed by atoms with E-state index in [0.29, 0.717) is 30.5 Å². The molecule has 2 saturated carbocycles. The summed E-state index contributed by atoms with van der Waals surface area (Å²) in [6.07, 6.45) is 8.11. The first-order valence-corrected chi connectivity index (χ1v) is 11.9. The lowest BCUT2D eigenvalue weighted by molar-refractivity contribution is -0.119. The summed E-state index contributed by atoms with van der Waals surface area (Å²) in [4.78, 5) is 16.9. The topological polar surface area (TPSA) is 39.2 Å². The Hall–Kier alpha value is -2.59. The van der Waals surface area contributed by atoms with Gasteiger partial charge in [0, 0.05) is 35.9 Å². The van der Waals surface area contributed by atoms with Crippen molar-refractivity contribution in [2.24, 2.45) is 11.8 Å². The smallest absolute Gasteiger partial charge is 0.132 e. The largest absolute Gasteiger partial charge is 0.373 e. The van der Waals surface area contributed by atoms with Crippen LogP contribution in [-0.2, 0) is 9.53 Å². The molecule has 4 heteroatoms. The second kappa shape index (κ2) is 9.50. The van der Waals surface area contributed by atoms with Gasteiger partial charge in [-0.2, -0.15) is 0 Å². The maximum absolute atomic E-state index is 13.8. The van der Waals surface area contributed by atoms with Gasteiger partial charge >= 0.3 is 0 Å². The Morgan fingerprint density at radius 1 is 0.969 bits per heavy atom. The lowest BCUT2D eigenvalue weighted by atomic mass is 9.75. The maximum atomic E-state index is 13.8. The number of carbonyl (C=O) groups is 1. The summed E-state index contributed by atoms with van der Waals surface area (Å²) in [6.45, 7) is 0.733. The number of carbonyl (C=O) groups excluding carboxylic acids is 1. The van der Waals surface area contributed by atoms with E-state index in [1.807, 2.05) is 24.4 Å². The molecule has 32 heavy (non-hydrogen) atoms. The van der Waals surface area contributed by atoms with Crippen molar-refractivity contribution in [2.45, 2.75) is 57.0 Å². The van der Waals surface area contributed by atoms with Crippen molar-refractivity contribution in [2.75, 3.05) is 6.61 Å². The van der Waals surface area contributed by atoms with E-state index in [1.165, 1.54) is 12.8 Å². The van der Waals surface area contributed by atoms with Gasteiger partial charge in [0.05, 0.1) is 18.2 Å². The zero-order valence-corrected chi connectivity index (χ0v) is 18.4. The fraction of sp³-hybridized carbons (Fsp3) is 0.429. The predicted molar refractivity (Wildman–Crippen MR) is 124 cm³/mol. The summed E-state index contributed by atoms with van der Waals surface area (Å²) in [7, 11) is 0. The number of nitrogens with zero attached hydrogens (tertiary/aromatic N) is 1. The number of aromatic nitrogens is 1. The molecule has 0 spiro atoms. The van der Waals surface area contributed by atoms with Crippen LogP contribution >= 0.6 is 0 Å². The Kier molecular flexibility index (Phi) is 6.31. The molecule has 3 atom stereocenters. The van der Waals surface area contributed by atoms with E-state index in [4.69, 9.17) is 9.72 Å². The van der Waals surface area contributed by atoms with Crippen molar-refractivity contribution in [3.8, 4) is 0 Å². The standard InChI is InChI=1S/C28H30FNO2/c29-23-14-11-21(12-15-23)26(20-4-1-7-24(31)16-13-20)28(32-18-19-9-10-19)25-8-2-5-22-6-3-17-30-27(22)25/h2-3,5-6,8,11-12,14-15,17,19-20,26,28H,1,4,7,9-10,13,16,18H2/t20?,26-,28+/m1/s1. The molecule has 1 unspecified atom stereocenters. The first-order chi connectivity index (χ1) is 15.7. The highest BCUT2D eigenvalue weighted by molar-refractivity contribution is 5.82. The van der Waals surface area contributed by atoms with Crippen LogP contribution < -0.4 is 0 Å². The normalized spacial score (nSPS) is 21.3. The van der Waals surface area contributed by atoms with Crippen LogP contribution in [0.5, 0.6) is 0 Å². The first kappa shape index (κ1) is 21.3. The molecular formula is C28H30FNO2. The molecule has 1 heterocycles. The van der Waals surface area contributed by atoms with Gasteiger partial charge in [-0.25, -0.2) is 4.39 Å². The third kappa shape index (κ3) is 4.75. The molecule has 5 rings (SSSR count). The predicted octanol–water partition coefficient (Wildman–Crippen LogP) is 6.77. The average molecular weight is 432 g/mol. The molecule has 0 amide bonds. The summed E-state index contributed by atoms with van der Waals surface area (Å²) in [5, 5.41) is 1.10. The van der Waals surface area contributed by atoms with Crippen LogP contribution in [-0.4, -0.2) is 17.4 Å². The van der Waals surface area contributed by atoms with Crippen molar-refractivity contribution < 1.29 is 13.9 Å². The minimum absolute atomic E-state index is 0.0489. The first-order valence-electron chi connectivity index (χ1n) is 11.9. The van der Waals surface area contributed by atoms with E-state index < -0.39 is 0 Å². The number of Topliss-reactive ketones (excluding diaryl/α,β-unsaturated/α-hetero) is 1. The van der Waals surface area contributed by atoms with Gasteiger partial charge in [-0.15, -0.1) is 0 Å². The molecule has 3 nitrogen and oxygen atoms in total. The molecule has 166 valence electrons. The SMILES string of the molecule is O=C1CCCC([C@H](c2ccc(F)cc2)[C@@H](OCC2CC2)c2cccc3cccnc23)CC1. The minimum Gasteiger partial charge on any atom is -0.373 e. The van der Waals surface area contributed by atoms with E-state index in [1.54, 1.807) is 12.1 Å². The van der Waals surface area contributed by atoms with Gasteiger partial charge in [0.2, 0.25) is 0 Å². The molecule has 0 N–H and O–H groups in total. The van der Waals surface area contributed by atoms with Gasteiger partial charge in [-0.05, 0) is 67.7 Å². The van der Waals surface area contributed by atoms with E-state index in [2.05, 4.69) is 24.3 Å². The molecule has 2 aliphatic rings. The summed E-state index contributed by atoms with van der Waals surface area (Å²) in [5.41, 5.74) is 3.14. The van der Waals surface area contributed by atoms with Crippen LogP contribution in [0.25, 0.3) is 10.9 Å². The third-order valence-electron chi connectivity index (χ3n) is 7.09. The van der Waals surface area contributed by atoms with Crippen LogP contribution in [0, 0.1) is 17.7 Å². The fourth-order valence-corrected chi connectivity index (χ4v) is 5.18. The molecule has 2 aromatic carbocycles. The van der Waals surface area contributed by atoms with Crippen LogP contribution in [0.3, 0.4) is 0 Å². The van der Waals surface area contributed by atoms with E-state index in [-0.39, 0.29) is 17.8 Å². The second-order valence-electron chi connectivity index (χ2n) is 9.43. The monoisotopic (exact) mass is 431 g/mol. The van der Waals surface area contributed by atoms with Crippen LogP contribution in [0.4, 0.5) is 4.39 Å². The molecule has 0 aliphatic heterocycles. The van der Waals surface area contributed by atoms with Crippen LogP contribution in [0.15, 0.2) is 60.8 Å². The quantitative estimate of drug-likeness (QED) is 0.387. The van der Waals surface area contributed by atoms with Crippen molar-refractivity contribution in [1.82, 2.24) is 4.98 Å². The van der Waals surface area contributed by atoms with Crippen molar-refractivity contribution in [3.05, 3.63) is 77.7 Å². The van der Waals surface area contributed by atoms with E-state index >= 15 is 0 Å². The number of para-hydroxylation sites is 1. The zero-order chi connectivity index (χ0) is 21.9. The summed E-state index contributed by atoms with van der Waals surface area (Å²) >= 11 is 0. The molecular weight excluding hydrogens is 401 g/mol. The molecule has 2 fully saturated rings. The highest BCUT2D eigenvalue weighted by atomic mass is 19.1. The lowest BCUT2D eigenvalue weighted by Gasteiger charge is -2.34. The van der Waals surface area contributed by atoms with Crippen molar-refractivity contribution in [1.29, 1.82) is 0 Å². The van der Waals surface area contributed by atoms with Crippen LogP contribution in [0.2, 0.25) is 0 Å². The molecule has 0 radical (unpaired) electrons. The highest BCUT2D eigenvalue weighted by Crippen LogP contribution is 2.46. The number of fused-ring (bicyclic) bond motifs is 1. The van der Waals surface area contributed by atoms with E-state index in [0.717, 1.165) is 47.9 Å². The molecule has 2 aliphatic carbocycles. The number of benzene rings is 2. The minimum atomic E-state index is -0.231. The van der Waals surface area contributed by atoms with E-state index in [9.17, 15) is 9.18 Å². The molecule has 0 saturated heterocycles. The van der Waals surface area contributed by atoms with Gasteiger partial charge < -0.3 is 4.74 Å². The third-order valence-corrected chi connectivity index (χ3v) is 7.09. The van der Waals surface area contributed by atoms with Crippen LogP contribution in [0.1, 0.15) is 68.1 Å². The second-order valence-corrected chi connectivity index (χ2v) is 9.43. The van der Waals surface area contributed by atoms with Crippen molar-refractivity contribution in [3.63, 3.8) is 0 Å². The Labute approximate surface area is 189 Å². The van der Waals surface area contributed by atoms with Gasteiger partial charge in [-0.3, -0.25) is 9.78 Å². The highest BCUT2D eigenvalue weighted by Gasteiger charge is 2.36. The maximum Gasteiger partial charge on any atom is 0.132 e. The lowest BCUT2D eigenvalue weighted by Crippen LogP contribution is -2.24. The van der Waals surface area contributed by atoms with Gasteiger partial charge in [-0.1, -0.05) is 36.4 Å². The van der Waals surface area contributed by atoms with Gasteiger partial charge in [0.1, 0.15) is 11.6 Å². The zero-order valence-electron chi connectivity index (χ0n) is 18.4. The van der Waals surface area contributed by atoms with Crippen molar-refractivity contribution >= 4 is 16.7 Å². The van der Waals surface area contributed by atoms with Gasteiger partial charge in [0.25, 0.3) is 0 Å². The summed E-state index contributed by atoms with van der Waals surface area (Å²) in [6, 6.07) is 17.2. The number of ether oxygens (including phenoxy) is 1. The Balaban J connectivity index is 1.60. The number of halogens is 1. The average Bonchev–Trinajstić information content (AvgIpc) is 3.66. The Morgan fingerprint density at radius 3 is 2.59 bits per heavy atom. The van der Waals surface area contributed by atoms with Gasteiger partial charge in [0.15, 0.2) is 0 Å². The molecule has 3 aromatic rings. The number of ketones is 1. The summed E-state index contributed by atoms with van der Waals surface area (Å²) < 4.78 is 20.5.